The average Bonchev–Trinajstić information content (AvgIpc) is 3.18. The van der Waals surface area contributed by atoms with Gasteiger partial charge in [0.05, 0.1) is 30.0 Å². The number of carbonyl (C=O) groups is 2. The lowest BCUT2D eigenvalue weighted by molar-refractivity contribution is -0.137. The largest absolute Gasteiger partial charge is 0.463 e. The molecule has 0 spiro atoms. The van der Waals surface area contributed by atoms with Crippen molar-refractivity contribution in [2.45, 2.75) is 13.5 Å². The lowest BCUT2D eigenvalue weighted by Gasteiger charge is -2.14. The fraction of sp³-hybridized carbons (Fsp3) is 0.235. The molecule has 3 rings (SSSR count). The third kappa shape index (κ3) is 4.24. The average molecular weight is 379 g/mol. The Kier molecular flexibility index (Phi) is 5.45. The molecule has 1 amide bonds. The molecule has 0 radical (unpaired) electrons. The van der Waals surface area contributed by atoms with Gasteiger partial charge in [0.25, 0.3) is 0 Å². The van der Waals surface area contributed by atoms with Crippen molar-refractivity contribution in [3.05, 3.63) is 52.2 Å². The fourth-order valence-corrected chi connectivity index (χ4v) is 3.34. The van der Waals surface area contributed by atoms with Gasteiger partial charge in [-0.2, -0.15) is 0 Å². The van der Waals surface area contributed by atoms with Crippen molar-refractivity contribution < 1.29 is 18.8 Å². The number of esters is 1. The maximum atomic E-state index is 12.1. The van der Waals surface area contributed by atoms with Crippen LogP contribution in [0.3, 0.4) is 0 Å². The second-order valence-corrected chi connectivity index (χ2v) is 6.62. The minimum absolute atomic E-state index is 0.0926. The summed E-state index contributed by atoms with van der Waals surface area (Å²) < 4.78 is 10.2. The van der Waals surface area contributed by atoms with E-state index in [1.165, 1.54) is 22.7 Å². The van der Waals surface area contributed by atoms with Crippen LogP contribution in [0.5, 0.6) is 0 Å². The van der Waals surface area contributed by atoms with Crippen molar-refractivity contribution in [1.29, 1.82) is 0 Å². The highest BCUT2D eigenvalue weighted by Gasteiger charge is 2.28. The maximum Gasteiger partial charge on any atom is 0.333 e. The maximum absolute atomic E-state index is 12.1. The van der Waals surface area contributed by atoms with Crippen LogP contribution in [0.1, 0.15) is 12.7 Å². The molecule has 0 aliphatic carbocycles. The standard InChI is InChI=1S/C17H15ClN2O4S/c1-2-23-17(22)8-16-20(15(21)10-25-16)9-13-7-14(19-24-13)11-3-5-12(18)6-4-11/h3-8H,2,9-10H2,1H3. The summed E-state index contributed by atoms with van der Waals surface area (Å²) in [5.74, 6) is 0.244. The van der Waals surface area contributed by atoms with Crippen LogP contribution in [0.4, 0.5) is 0 Å². The summed E-state index contributed by atoms with van der Waals surface area (Å²) in [5.41, 5.74) is 1.52. The Bertz CT molecular complexity index is 816. The third-order valence-electron chi connectivity index (χ3n) is 3.45. The second kappa shape index (κ2) is 7.76. The van der Waals surface area contributed by atoms with Crippen LogP contribution in [0, 0.1) is 0 Å². The molecule has 2 aromatic rings. The van der Waals surface area contributed by atoms with Crippen LogP contribution in [-0.4, -0.2) is 34.3 Å². The highest BCUT2D eigenvalue weighted by molar-refractivity contribution is 8.04. The molecule has 0 atom stereocenters. The predicted molar refractivity (Wildman–Crippen MR) is 94.7 cm³/mol. The van der Waals surface area contributed by atoms with Gasteiger partial charge in [-0.15, -0.1) is 0 Å². The predicted octanol–water partition coefficient (Wildman–Crippen LogP) is 3.47. The van der Waals surface area contributed by atoms with Gasteiger partial charge in [0.2, 0.25) is 5.91 Å². The number of hydrogen-bond donors (Lipinski definition) is 0. The molecule has 0 saturated carbocycles. The van der Waals surface area contributed by atoms with Gasteiger partial charge >= 0.3 is 5.97 Å². The number of thioether (sulfide) groups is 1. The molecular formula is C17H15ClN2O4S. The summed E-state index contributed by atoms with van der Waals surface area (Å²) in [6.45, 7) is 2.22. The van der Waals surface area contributed by atoms with Crippen LogP contribution in [-0.2, 0) is 20.9 Å². The molecule has 25 heavy (non-hydrogen) atoms. The third-order valence-corrected chi connectivity index (χ3v) is 4.73. The fourth-order valence-electron chi connectivity index (χ4n) is 2.28. The number of benzene rings is 1. The highest BCUT2D eigenvalue weighted by atomic mass is 35.5. The summed E-state index contributed by atoms with van der Waals surface area (Å²) in [4.78, 5) is 25.2. The minimum atomic E-state index is -0.468. The molecular weight excluding hydrogens is 364 g/mol. The molecule has 6 nitrogen and oxygen atoms in total. The SMILES string of the molecule is CCOC(=O)C=C1SCC(=O)N1Cc1cc(-c2ccc(Cl)cc2)no1. The first-order chi connectivity index (χ1) is 12.1. The van der Waals surface area contributed by atoms with Crippen molar-refractivity contribution in [3.8, 4) is 11.3 Å². The molecule has 0 N–H and O–H groups in total. The van der Waals surface area contributed by atoms with Gasteiger partial charge in [-0.3, -0.25) is 9.69 Å². The summed E-state index contributed by atoms with van der Waals surface area (Å²) in [5, 5.41) is 5.21. The molecule has 1 aromatic carbocycles. The molecule has 8 heteroatoms. The summed E-state index contributed by atoms with van der Waals surface area (Å²) in [6.07, 6.45) is 1.33. The van der Waals surface area contributed by atoms with E-state index in [4.69, 9.17) is 20.9 Å². The topological polar surface area (TPSA) is 72.6 Å². The highest BCUT2D eigenvalue weighted by Crippen LogP contribution is 2.31. The Balaban J connectivity index is 1.75. The van der Waals surface area contributed by atoms with Crippen molar-refractivity contribution in [1.82, 2.24) is 10.1 Å². The summed E-state index contributed by atoms with van der Waals surface area (Å²) >= 11 is 7.18. The van der Waals surface area contributed by atoms with Crippen LogP contribution < -0.4 is 0 Å². The van der Waals surface area contributed by atoms with E-state index >= 15 is 0 Å². The van der Waals surface area contributed by atoms with Crippen LogP contribution in [0.2, 0.25) is 5.02 Å². The Hall–Kier alpha value is -2.25. The first-order valence-electron chi connectivity index (χ1n) is 7.60. The zero-order valence-electron chi connectivity index (χ0n) is 13.4. The summed E-state index contributed by atoms with van der Waals surface area (Å²) in [7, 11) is 0. The minimum Gasteiger partial charge on any atom is -0.463 e. The smallest absolute Gasteiger partial charge is 0.333 e. The monoisotopic (exact) mass is 378 g/mol. The van der Waals surface area contributed by atoms with Crippen molar-refractivity contribution in [2.24, 2.45) is 0 Å². The van der Waals surface area contributed by atoms with Crippen molar-refractivity contribution in [2.75, 3.05) is 12.4 Å². The van der Waals surface area contributed by atoms with Crippen molar-refractivity contribution in [3.63, 3.8) is 0 Å². The zero-order valence-corrected chi connectivity index (χ0v) is 15.0. The first-order valence-corrected chi connectivity index (χ1v) is 8.96. The van der Waals surface area contributed by atoms with E-state index in [0.29, 0.717) is 21.5 Å². The molecule has 0 unspecified atom stereocenters. The molecule has 1 aromatic heterocycles. The molecule has 1 aliphatic rings. The van der Waals surface area contributed by atoms with Gasteiger partial charge in [0.15, 0.2) is 5.76 Å². The number of carbonyl (C=O) groups excluding carboxylic acids is 2. The van der Waals surface area contributed by atoms with E-state index in [1.807, 2.05) is 12.1 Å². The van der Waals surface area contributed by atoms with Gasteiger partial charge in [-0.25, -0.2) is 4.79 Å². The van der Waals surface area contributed by atoms with Crippen LogP contribution in [0.25, 0.3) is 11.3 Å². The lowest BCUT2D eigenvalue weighted by atomic mass is 10.1. The Morgan fingerprint density at radius 2 is 2.20 bits per heavy atom. The molecule has 1 saturated heterocycles. The number of rotatable bonds is 5. The normalized spacial score (nSPS) is 15.8. The Morgan fingerprint density at radius 3 is 2.92 bits per heavy atom. The molecule has 0 bridgehead atoms. The van der Waals surface area contributed by atoms with E-state index in [2.05, 4.69) is 5.16 Å². The number of halogens is 1. The Morgan fingerprint density at radius 1 is 1.44 bits per heavy atom. The van der Waals surface area contributed by atoms with Gasteiger partial charge in [0, 0.05) is 16.7 Å². The molecule has 2 heterocycles. The van der Waals surface area contributed by atoms with E-state index in [-0.39, 0.29) is 24.8 Å². The number of ether oxygens (including phenoxy) is 1. The van der Waals surface area contributed by atoms with Crippen LogP contribution in [0.15, 0.2) is 46.0 Å². The second-order valence-electron chi connectivity index (χ2n) is 5.19. The number of hydrogen-bond acceptors (Lipinski definition) is 6. The molecule has 130 valence electrons. The van der Waals surface area contributed by atoms with E-state index in [9.17, 15) is 9.59 Å². The van der Waals surface area contributed by atoms with Crippen molar-refractivity contribution >= 4 is 35.2 Å². The number of nitrogens with zero attached hydrogens (tertiary/aromatic N) is 2. The van der Waals surface area contributed by atoms with Crippen LogP contribution >= 0.6 is 23.4 Å². The van der Waals surface area contributed by atoms with Gasteiger partial charge in [-0.05, 0) is 19.1 Å². The molecule has 1 fully saturated rings. The first kappa shape index (κ1) is 17.6. The quantitative estimate of drug-likeness (QED) is 0.586. The van der Waals surface area contributed by atoms with Gasteiger partial charge in [-0.1, -0.05) is 40.7 Å². The van der Waals surface area contributed by atoms with E-state index < -0.39 is 5.97 Å². The van der Waals surface area contributed by atoms with Gasteiger partial charge in [0.1, 0.15) is 5.69 Å². The van der Waals surface area contributed by atoms with Gasteiger partial charge < -0.3 is 9.26 Å². The lowest BCUT2D eigenvalue weighted by Crippen LogP contribution is -2.24. The zero-order chi connectivity index (χ0) is 17.8. The number of amides is 1. The molecule has 1 aliphatic heterocycles. The Labute approximate surface area is 153 Å². The summed E-state index contributed by atoms with van der Waals surface area (Å²) in [6, 6.07) is 8.99. The van der Waals surface area contributed by atoms with E-state index in [1.54, 1.807) is 25.1 Å². The van der Waals surface area contributed by atoms with E-state index in [0.717, 1.165) is 5.56 Å². The number of aromatic nitrogens is 1.